The Morgan fingerprint density at radius 3 is 2.10 bits per heavy atom. The highest BCUT2D eigenvalue weighted by Crippen LogP contribution is 2.66. The predicted octanol–water partition coefficient (Wildman–Crippen LogP) is 3.03. The van der Waals surface area contributed by atoms with Crippen molar-refractivity contribution >= 4 is 11.9 Å². The van der Waals surface area contributed by atoms with Gasteiger partial charge in [-0.1, -0.05) is 33.9 Å². The minimum Gasteiger partial charge on any atom is -0.465 e. The first kappa shape index (κ1) is 15.8. The van der Waals surface area contributed by atoms with Crippen molar-refractivity contribution in [3.63, 3.8) is 0 Å². The summed E-state index contributed by atoms with van der Waals surface area (Å²) in [6.45, 7) is 13.8. The lowest BCUT2D eigenvalue weighted by atomic mass is 9.70. The Morgan fingerprint density at radius 1 is 1.10 bits per heavy atom. The van der Waals surface area contributed by atoms with Gasteiger partial charge in [0.1, 0.15) is 6.10 Å². The third-order valence-electron chi connectivity index (χ3n) is 6.01. The van der Waals surface area contributed by atoms with Gasteiger partial charge in [-0.3, -0.25) is 0 Å². The molecule has 4 nitrogen and oxygen atoms in total. The molecule has 2 aliphatic rings. The molecule has 0 N–H and O–H groups in total. The van der Waals surface area contributed by atoms with E-state index in [1.165, 1.54) is 13.5 Å². The summed E-state index contributed by atoms with van der Waals surface area (Å²) >= 11 is 0. The van der Waals surface area contributed by atoms with Gasteiger partial charge in [0.05, 0.1) is 18.3 Å². The molecule has 0 aromatic carbocycles. The van der Waals surface area contributed by atoms with Gasteiger partial charge in [-0.25, -0.2) is 9.59 Å². The van der Waals surface area contributed by atoms with Crippen molar-refractivity contribution in [3.8, 4) is 0 Å². The molecule has 2 fully saturated rings. The maximum absolute atomic E-state index is 12.2. The van der Waals surface area contributed by atoms with Crippen LogP contribution in [0.1, 0.15) is 40.0 Å². The van der Waals surface area contributed by atoms with Crippen molar-refractivity contribution in [2.75, 3.05) is 7.11 Å². The summed E-state index contributed by atoms with van der Waals surface area (Å²) < 4.78 is 10.2. The van der Waals surface area contributed by atoms with Crippen molar-refractivity contribution in [1.82, 2.24) is 0 Å². The van der Waals surface area contributed by atoms with Crippen LogP contribution in [0.2, 0.25) is 0 Å². The van der Waals surface area contributed by atoms with Crippen LogP contribution in [0, 0.1) is 16.7 Å². The molecule has 0 spiro atoms. The topological polar surface area (TPSA) is 52.6 Å². The average molecular weight is 292 g/mol. The van der Waals surface area contributed by atoms with E-state index in [1.54, 1.807) is 0 Å². The third-order valence-corrected chi connectivity index (χ3v) is 6.01. The summed E-state index contributed by atoms with van der Waals surface area (Å²) in [6.07, 6.45) is 3.01. The Hall–Kier alpha value is -1.58. The quantitative estimate of drug-likeness (QED) is 0.454. The van der Waals surface area contributed by atoms with Crippen LogP contribution in [-0.2, 0) is 19.1 Å². The summed E-state index contributed by atoms with van der Waals surface area (Å²) in [5.41, 5.74) is 0.0832. The fourth-order valence-electron chi connectivity index (χ4n) is 3.88. The second-order valence-electron chi connectivity index (χ2n) is 6.95. The lowest BCUT2D eigenvalue weighted by Gasteiger charge is -2.38. The first-order valence-electron chi connectivity index (χ1n) is 7.32. The number of fused-ring (bicyclic) bond motifs is 2. The highest BCUT2D eigenvalue weighted by molar-refractivity contribution is 6.06. The SMILES string of the molecule is C=C(C(=C)C(=O)OC1CC2CCC1(C)C2(C)C)C(=O)OC. The number of esters is 2. The largest absolute Gasteiger partial charge is 0.465 e. The molecule has 21 heavy (non-hydrogen) atoms. The summed E-state index contributed by atoms with van der Waals surface area (Å²) in [5.74, 6) is -0.645. The summed E-state index contributed by atoms with van der Waals surface area (Å²) in [6, 6.07) is 0. The van der Waals surface area contributed by atoms with Crippen molar-refractivity contribution < 1.29 is 19.1 Å². The van der Waals surface area contributed by atoms with Crippen LogP contribution < -0.4 is 0 Å². The lowest BCUT2D eigenvalue weighted by Crippen LogP contribution is -2.38. The molecular weight excluding hydrogens is 268 g/mol. The third kappa shape index (κ3) is 2.21. The molecule has 0 aromatic rings. The second-order valence-corrected chi connectivity index (χ2v) is 6.95. The zero-order chi connectivity index (χ0) is 16.0. The van der Waals surface area contributed by atoms with Crippen molar-refractivity contribution in [2.24, 2.45) is 16.7 Å². The Balaban J connectivity index is 2.07. The van der Waals surface area contributed by atoms with Crippen molar-refractivity contribution in [1.29, 1.82) is 0 Å². The predicted molar refractivity (Wildman–Crippen MR) is 79.4 cm³/mol. The van der Waals surface area contributed by atoms with Crippen LogP contribution in [0.25, 0.3) is 0 Å². The lowest BCUT2D eigenvalue weighted by molar-refractivity contribution is -0.152. The summed E-state index contributed by atoms with van der Waals surface area (Å²) in [7, 11) is 1.24. The molecule has 0 aliphatic heterocycles. The smallest absolute Gasteiger partial charge is 0.338 e. The van der Waals surface area contributed by atoms with Gasteiger partial charge < -0.3 is 9.47 Å². The molecule has 0 aromatic heterocycles. The molecule has 0 heterocycles. The average Bonchev–Trinajstić information content (AvgIpc) is 2.77. The number of methoxy groups -OCH3 is 1. The fraction of sp³-hybridized carbons (Fsp3) is 0.647. The van der Waals surface area contributed by atoms with Crippen LogP contribution in [0.4, 0.5) is 0 Å². The van der Waals surface area contributed by atoms with E-state index in [9.17, 15) is 9.59 Å². The zero-order valence-electron chi connectivity index (χ0n) is 13.3. The number of carbonyl (C=O) groups excluding carboxylic acids is 2. The molecule has 4 heteroatoms. The van der Waals surface area contributed by atoms with Crippen molar-refractivity contribution in [3.05, 3.63) is 24.3 Å². The van der Waals surface area contributed by atoms with Crippen LogP contribution >= 0.6 is 0 Å². The van der Waals surface area contributed by atoms with Crippen LogP contribution in [0.15, 0.2) is 24.3 Å². The van der Waals surface area contributed by atoms with Gasteiger partial charge >= 0.3 is 11.9 Å². The first-order valence-corrected chi connectivity index (χ1v) is 7.32. The molecule has 2 saturated carbocycles. The van der Waals surface area contributed by atoms with E-state index in [1.807, 2.05) is 0 Å². The Kier molecular flexibility index (Phi) is 3.77. The number of carbonyl (C=O) groups is 2. The molecule has 3 atom stereocenters. The number of rotatable bonds is 4. The van der Waals surface area contributed by atoms with Gasteiger partial charge in [0.25, 0.3) is 0 Å². The highest BCUT2D eigenvalue weighted by atomic mass is 16.5. The van der Waals surface area contributed by atoms with E-state index >= 15 is 0 Å². The second kappa shape index (κ2) is 5.00. The summed E-state index contributed by atoms with van der Waals surface area (Å²) in [5, 5.41) is 0. The normalized spacial score (nSPS) is 32.6. The molecule has 0 radical (unpaired) electrons. The minimum atomic E-state index is -0.656. The van der Waals surface area contributed by atoms with Gasteiger partial charge in [0.2, 0.25) is 0 Å². The van der Waals surface area contributed by atoms with Gasteiger partial charge in [-0.05, 0) is 30.6 Å². The molecule has 0 amide bonds. The molecule has 116 valence electrons. The molecule has 2 aliphatic carbocycles. The highest BCUT2D eigenvalue weighted by Gasteiger charge is 2.62. The molecule has 0 saturated heterocycles. The summed E-state index contributed by atoms with van der Waals surface area (Å²) in [4.78, 5) is 23.6. The van der Waals surface area contributed by atoms with E-state index in [0.717, 1.165) is 12.8 Å². The number of hydrogen-bond donors (Lipinski definition) is 0. The Bertz CT molecular complexity index is 517. The van der Waals surface area contributed by atoms with Gasteiger partial charge in [-0.15, -0.1) is 0 Å². The van der Waals surface area contributed by atoms with Gasteiger partial charge in [0, 0.05) is 5.41 Å². The van der Waals surface area contributed by atoms with E-state index in [0.29, 0.717) is 5.92 Å². The Labute approximate surface area is 126 Å². The zero-order valence-corrected chi connectivity index (χ0v) is 13.3. The van der Waals surface area contributed by atoms with Crippen LogP contribution in [0.3, 0.4) is 0 Å². The fourth-order valence-corrected chi connectivity index (χ4v) is 3.88. The molecule has 3 unspecified atom stereocenters. The number of ether oxygens (including phenoxy) is 2. The van der Waals surface area contributed by atoms with Crippen molar-refractivity contribution in [2.45, 2.75) is 46.1 Å². The maximum atomic E-state index is 12.2. The van der Waals surface area contributed by atoms with Crippen LogP contribution in [0.5, 0.6) is 0 Å². The first-order chi connectivity index (χ1) is 9.65. The monoisotopic (exact) mass is 292 g/mol. The van der Waals surface area contributed by atoms with Gasteiger partial charge in [0.15, 0.2) is 0 Å². The molecule has 2 bridgehead atoms. The Morgan fingerprint density at radius 2 is 1.67 bits per heavy atom. The number of hydrogen-bond acceptors (Lipinski definition) is 4. The van der Waals surface area contributed by atoms with E-state index < -0.39 is 11.9 Å². The van der Waals surface area contributed by atoms with E-state index in [2.05, 4.69) is 38.7 Å². The van der Waals surface area contributed by atoms with E-state index in [4.69, 9.17) is 4.74 Å². The van der Waals surface area contributed by atoms with Gasteiger partial charge in [-0.2, -0.15) is 0 Å². The molecular formula is C17H24O4. The molecule has 2 rings (SSSR count). The maximum Gasteiger partial charge on any atom is 0.338 e. The van der Waals surface area contributed by atoms with Crippen LogP contribution in [-0.4, -0.2) is 25.2 Å². The minimum absolute atomic E-state index is 0.0137. The van der Waals surface area contributed by atoms with E-state index in [-0.39, 0.29) is 28.1 Å². The standard InChI is InChI=1S/C17H24O4/c1-10(14(18)20-6)11(2)15(19)21-13-9-12-7-8-17(13,5)16(12,3)4/h12-13H,1-2,7-9H2,3-6H3.